The van der Waals surface area contributed by atoms with E-state index in [0.717, 1.165) is 24.2 Å². The molecule has 0 saturated heterocycles. The van der Waals surface area contributed by atoms with Gasteiger partial charge in [0.05, 0.1) is 11.8 Å². The number of hydrogen-bond donors (Lipinski definition) is 2. The zero-order valence-corrected chi connectivity index (χ0v) is 11.4. The second kappa shape index (κ2) is 7.16. The van der Waals surface area contributed by atoms with Gasteiger partial charge in [-0.25, -0.2) is 0 Å². The van der Waals surface area contributed by atoms with Crippen LogP contribution in [0.3, 0.4) is 0 Å². The summed E-state index contributed by atoms with van der Waals surface area (Å²) in [6.07, 6.45) is 1.68. The molecule has 0 fully saturated rings. The quantitative estimate of drug-likeness (QED) is 0.717. The molecule has 0 bridgehead atoms. The minimum absolute atomic E-state index is 0.0353. The Hall–Kier alpha value is -1.36. The summed E-state index contributed by atoms with van der Waals surface area (Å²) >= 11 is 0. The first-order valence-electron chi connectivity index (χ1n) is 6.45. The first kappa shape index (κ1) is 14.7. The molecule has 1 aromatic heterocycles. The lowest BCUT2D eigenvalue weighted by molar-refractivity contribution is -0.121. The largest absolute Gasteiger partial charge is 0.393 e. The van der Waals surface area contributed by atoms with Gasteiger partial charge in [-0.05, 0) is 39.7 Å². The van der Waals surface area contributed by atoms with E-state index in [-0.39, 0.29) is 12.0 Å². The third-order valence-electron chi connectivity index (χ3n) is 2.77. The van der Waals surface area contributed by atoms with Crippen LogP contribution < -0.4 is 5.32 Å². The molecule has 0 aliphatic rings. The SMILES string of the molecule is Cc1cc(C)n(CCC(=O)NCCCC(C)O)n1. The maximum Gasteiger partial charge on any atom is 0.221 e. The van der Waals surface area contributed by atoms with Gasteiger partial charge in [0.1, 0.15) is 0 Å². The lowest BCUT2D eigenvalue weighted by Crippen LogP contribution is -2.26. The van der Waals surface area contributed by atoms with Crippen molar-refractivity contribution in [2.24, 2.45) is 0 Å². The number of hydrogen-bond acceptors (Lipinski definition) is 3. The molecule has 5 heteroatoms. The van der Waals surface area contributed by atoms with Crippen LogP contribution in [-0.2, 0) is 11.3 Å². The van der Waals surface area contributed by atoms with Crippen LogP contribution in [-0.4, -0.2) is 33.4 Å². The van der Waals surface area contributed by atoms with E-state index in [2.05, 4.69) is 10.4 Å². The van der Waals surface area contributed by atoms with E-state index in [1.165, 1.54) is 0 Å². The number of nitrogens with zero attached hydrogens (tertiary/aromatic N) is 2. The molecule has 2 N–H and O–H groups in total. The molecular formula is C13H23N3O2. The van der Waals surface area contributed by atoms with E-state index in [1.807, 2.05) is 24.6 Å². The standard InChI is InChI=1S/C13H23N3O2/c1-10-9-11(2)16(15-10)8-6-13(18)14-7-4-5-12(3)17/h9,12,17H,4-8H2,1-3H3,(H,14,18). The van der Waals surface area contributed by atoms with Gasteiger partial charge in [0.25, 0.3) is 0 Å². The van der Waals surface area contributed by atoms with E-state index >= 15 is 0 Å². The van der Waals surface area contributed by atoms with Crippen LogP contribution in [0.1, 0.15) is 37.6 Å². The van der Waals surface area contributed by atoms with Crippen LogP contribution >= 0.6 is 0 Å². The third kappa shape index (κ3) is 5.31. The highest BCUT2D eigenvalue weighted by Gasteiger charge is 2.05. The van der Waals surface area contributed by atoms with Gasteiger partial charge in [-0.2, -0.15) is 5.10 Å². The first-order valence-corrected chi connectivity index (χ1v) is 6.45. The predicted molar refractivity (Wildman–Crippen MR) is 70.2 cm³/mol. The van der Waals surface area contributed by atoms with E-state index in [1.54, 1.807) is 6.92 Å². The van der Waals surface area contributed by atoms with Crippen LogP contribution in [0.15, 0.2) is 6.07 Å². The van der Waals surface area contributed by atoms with Crippen LogP contribution in [0.5, 0.6) is 0 Å². The zero-order chi connectivity index (χ0) is 13.5. The monoisotopic (exact) mass is 253 g/mol. The molecule has 0 aromatic carbocycles. The number of carbonyl (C=O) groups excluding carboxylic acids is 1. The minimum Gasteiger partial charge on any atom is -0.393 e. The maximum atomic E-state index is 11.6. The summed E-state index contributed by atoms with van der Waals surface area (Å²) in [7, 11) is 0. The highest BCUT2D eigenvalue weighted by atomic mass is 16.3. The Kier molecular flexibility index (Phi) is 5.85. The molecule has 1 unspecified atom stereocenters. The number of nitrogens with one attached hydrogen (secondary N) is 1. The molecule has 0 radical (unpaired) electrons. The Bertz CT molecular complexity index is 386. The van der Waals surface area contributed by atoms with Crippen molar-refractivity contribution >= 4 is 5.91 Å². The summed E-state index contributed by atoms with van der Waals surface area (Å²) in [5.41, 5.74) is 2.05. The fourth-order valence-corrected chi connectivity index (χ4v) is 1.82. The number of aliphatic hydroxyl groups is 1. The molecule has 0 spiro atoms. The molecule has 0 aliphatic heterocycles. The van der Waals surface area contributed by atoms with Gasteiger partial charge in [0, 0.05) is 25.2 Å². The number of carbonyl (C=O) groups is 1. The number of rotatable bonds is 7. The fraction of sp³-hybridized carbons (Fsp3) is 0.692. The Labute approximate surface area is 108 Å². The second-order valence-corrected chi connectivity index (χ2v) is 4.74. The minimum atomic E-state index is -0.295. The summed E-state index contributed by atoms with van der Waals surface area (Å²) in [6, 6.07) is 2.00. The summed E-state index contributed by atoms with van der Waals surface area (Å²) in [5.74, 6) is 0.0353. The van der Waals surface area contributed by atoms with Gasteiger partial charge < -0.3 is 10.4 Å². The van der Waals surface area contributed by atoms with Crippen molar-refractivity contribution < 1.29 is 9.90 Å². The van der Waals surface area contributed by atoms with Crippen LogP contribution in [0.2, 0.25) is 0 Å². The Morgan fingerprint density at radius 2 is 2.28 bits per heavy atom. The summed E-state index contributed by atoms with van der Waals surface area (Å²) in [6.45, 7) is 6.92. The Morgan fingerprint density at radius 1 is 1.56 bits per heavy atom. The molecular weight excluding hydrogens is 230 g/mol. The van der Waals surface area contributed by atoms with Crippen molar-refractivity contribution in [2.75, 3.05) is 6.54 Å². The average Bonchev–Trinajstić information content (AvgIpc) is 2.60. The van der Waals surface area contributed by atoms with Crippen molar-refractivity contribution in [1.29, 1.82) is 0 Å². The molecule has 0 saturated carbocycles. The van der Waals surface area contributed by atoms with Gasteiger partial charge >= 0.3 is 0 Å². The molecule has 1 heterocycles. The van der Waals surface area contributed by atoms with Gasteiger partial charge in [-0.15, -0.1) is 0 Å². The summed E-state index contributed by atoms with van der Waals surface area (Å²) in [5, 5.41) is 16.2. The Morgan fingerprint density at radius 3 is 2.83 bits per heavy atom. The van der Waals surface area contributed by atoms with Crippen LogP contribution in [0.25, 0.3) is 0 Å². The van der Waals surface area contributed by atoms with Crippen molar-refractivity contribution in [1.82, 2.24) is 15.1 Å². The van der Waals surface area contributed by atoms with Gasteiger partial charge in [0.15, 0.2) is 0 Å². The average molecular weight is 253 g/mol. The lowest BCUT2D eigenvalue weighted by atomic mass is 10.2. The van der Waals surface area contributed by atoms with Gasteiger partial charge in [-0.3, -0.25) is 9.48 Å². The number of aryl methyl sites for hydroxylation is 3. The number of aliphatic hydroxyl groups excluding tert-OH is 1. The maximum absolute atomic E-state index is 11.6. The highest BCUT2D eigenvalue weighted by molar-refractivity contribution is 5.75. The molecule has 1 atom stereocenters. The number of amides is 1. The smallest absolute Gasteiger partial charge is 0.221 e. The normalized spacial score (nSPS) is 12.4. The second-order valence-electron chi connectivity index (χ2n) is 4.74. The van der Waals surface area contributed by atoms with E-state index in [4.69, 9.17) is 5.11 Å². The van der Waals surface area contributed by atoms with Crippen LogP contribution in [0, 0.1) is 13.8 Å². The summed E-state index contributed by atoms with van der Waals surface area (Å²) < 4.78 is 1.85. The third-order valence-corrected chi connectivity index (χ3v) is 2.77. The first-order chi connectivity index (χ1) is 8.49. The molecule has 1 amide bonds. The van der Waals surface area contributed by atoms with Crippen molar-refractivity contribution in [3.63, 3.8) is 0 Å². The van der Waals surface area contributed by atoms with Gasteiger partial charge in [-0.1, -0.05) is 0 Å². The van der Waals surface area contributed by atoms with E-state index in [9.17, 15) is 4.79 Å². The molecule has 1 aromatic rings. The molecule has 1 rings (SSSR count). The van der Waals surface area contributed by atoms with Crippen molar-refractivity contribution in [3.8, 4) is 0 Å². The lowest BCUT2D eigenvalue weighted by Gasteiger charge is -2.07. The van der Waals surface area contributed by atoms with Crippen molar-refractivity contribution in [3.05, 3.63) is 17.5 Å². The van der Waals surface area contributed by atoms with E-state index < -0.39 is 0 Å². The summed E-state index contributed by atoms with van der Waals surface area (Å²) in [4.78, 5) is 11.6. The predicted octanol–water partition coefficient (Wildman–Crippen LogP) is 1.17. The van der Waals surface area contributed by atoms with E-state index in [0.29, 0.717) is 19.5 Å². The Balaban J connectivity index is 2.19. The fourth-order valence-electron chi connectivity index (χ4n) is 1.82. The molecule has 18 heavy (non-hydrogen) atoms. The molecule has 0 aliphatic carbocycles. The molecule has 102 valence electrons. The molecule has 5 nitrogen and oxygen atoms in total. The van der Waals surface area contributed by atoms with Gasteiger partial charge in [0.2, 0.25) is 5.91 Å². The topological polar surface area (TPSA) is 67.2 Å². The zero-order valence-electron chi connectivity index (χ0n) is 11.4. The van der Waals surface area contributed by atoms with Crippen molar-refractivity contribution in [2.45, 2.75) is 52.7 Å². The van der Waals surface area contributed by atoms with Crippen LogP contribution in [0.4, 0.5) is 0 Å². The number of aromatic nitrogens is 2. The highest BCUT2D eigenvalue weighted by Crippen LogP contribution is 2.02.